The van der Waals surface area contributed by atoms with E-state index in [0.717, 1.165) is 24.3 Å². The molecule has 0 aromatic heterocycles. The molecule has 1 aliphatic heterocycles. The topological polar surface area (TPSA) is 58.8 Å². The second-order valence-corrected chi connectivity index (χ2v) is 6.83. The molecule has 1 unspecified atom stereocenters. The Kier molecular flexibility index (Phi) is 4.64. The van der Waals surface area contributed by atoms with Crippen molar-refractivity contribution in [2.24, 2.45) is 0 Å². The molecule has 5 heteroatoms. The number of hydrogen-bond acceptors (Lipinski definition) is 4. The van der Waals surface area contributed by atoms with Crippen molar-refractivity contribution < 1.29 is 9.53 Å². The van der Waals surface area contributed by atoms with Gasteiger partial charge in [-0.25, -0.2) is 0 Å². The van der Waals surface area contributed by atoms with Crippen LogP contribution in [0.3, 0.4) is 0 Å². The Morgan fingerprint density at radius 3 is 2.83 bits per heavy atom. The molecule has 1 amide bonds. The van der Waals surface area contributed by atoms with Gasteiger partial charge < -0.3 is 20.3 Å². The number of nitrogens with zero attached hydrogens (tertiary/aromatic N) is 2. The van der Waals surface area contributed by atoms with Gasteiger partial charge in [0.25, 0.3) is 0 Å². The standard InChI is InChI=1S/C18H27N3O2/c1-13-11-21(16-10-14(19)8-9-17(16)23-13)12-18(22)20(2)15-6-4-3-5-7-15/h8-10,13,15H,3-7,11-12,19H2,1-2H3. The van der Waals surface area contributed by atoms with Crippen molar-refractivity contribution in [1.29, 1.82) is 0 Å². The predicted molar refractivity (Wildman–Crippen MR) is 92.8 cm³/mol. The van der Waals surface area contributed by atoms with Gasteiger partial charge in [0, 0.05) is 18.8 Å². The van der Waals surface area contributed by atoms with Gasteiger partial charge in [-0.1, -0.05) is 19.3 Å². The van der Waals surface area contributed by atoms with E-state index in [9.17, 15) is 4.79 Å². The van der Waals surface area contributed by atoms with Crippen LogP contribution in [-0.4, -0.2) is 43.1 Å². The van der Waals surface area contributed by atoms with Gasteiger partial charge >= 0.3 is 0 Å². The zero-order chi connectivity index (χ0) is 16.4. The zero-order valence-electron chi connectivity index (χ0n) is 14.1. The van der Waals surface area contributed by atoms with E-state index in [2.05, 4.69) is 4.90 Å². The second kappa shape index (κ2) is 6.69. The van der Waals surface area contributed by atoms with Crippen LogP contribution in [0.1, 0.15) is 39.0 Å². The van der Waals surface area contributed by atoms with Gasteiger partial charge in [0.05, 0.1) is 18.8 Å². The lowest BCUT2D eigenvalue weighted by molar-refractivity contribution is -0.131. The van der Waals surface area contributed by atoms with Crippen LogP contribution in [0.25, 0.3) is 0 Å². The van der Waals surface area contributed by atoms with Gasteiger partial charge in [0.15, 0.2) is 0 Å². The monoisotopic (exact) mass is 317 g/mol. The maximum absolute atomic E-state index is 12.7. The minimum Gasteiger partial charge on any atom is -0.487 e. The van der Waals surface area contributed by atoms with E-state index in [0.29, 0.717) is 24.8 Å². The number of amides is 1. The van der Waals surface area contributed by atoms with Gasteiger partial charge in [0.2, 0.25) is 5.91 Å². The number of benzene rings is 1. The molecular weight excluding hydrogens is 290 g/mol. The Labute approximate surface area is 138 Å². The Morgan fingerprint density at radius 1 is 1.35 bits per heavy atom. The van der Waals surface area contributed by atoms with E-state index >= 15 is 0 Å². The molecule has 1 aromatic carbocycles. The van der Waals surface area contributed by atoms with Crippen molar-refractivity contribution in [3.63, 3.8) is 0 Å². The minimum atomic E-state index is 0.0684. The Hall–Kier alpha value is -1.91. The maximum Gasteiger partial charge on any atom is 0.242 e. The van der Waals surface area contributed by atoms with E-state index in [1.807, 2.05) is 37.1 Å². The summed E-state index contributed by atoms with van der Waals surface area (Å²) in [6.07, 6.45) is 6.09. The number of nitrogen functional groups attached to an aromatic ring is 1. The summed E-state index contributed by atoms with van der Waals surface area (Å²) in [5.41, 5.74) is 7.53. The molecule has 1 atom stereocenters. The lowest BCUT2D eigenvalue weighted by atomic mass is 9.94. The molecule has 1 aromatic rings. The molecule has 0 spiro atoms. The first-order chi connectivity index (χ1) is 11.0. The molecule has 126 valence electrons. The predicted octanol–water partition coefficient (Wildman–Crippen LogP) is 2.65. The summed E-state index contributed by atoms with van der Waals surface area (Å²) in [6, 6.07) is 6.03. The van der Waals surface area contributed by atoms with Crippen LogP contribution in [0, 0.1) is 0 Å². The van der Waals surface area contributed by atoms with Gasteiger partial charge in [-0.05, 0) is 38.0 Å². The molecule has 1 saturated carbocycles. The highest BCUT2D eigenvalue weighted by molar-refractivity contribution is 5.83. The first-order valence-electron chi connectivity index (χ1n) is 8.61. The Bertz CT molecular complexity index is 569. The highest BCUT2D eigenvalue weighted by Gasteiger charge is 2.28. The number of likely N-dealkylation sites (N-methyl/N-ethyl adjacent to an activating group) is 1. The largest absolute Gasteiger partial charge is 0.487 e. The van der Waals surface area contributed by atoms with Crippen LogP contribution in [0.4, 0.5) is 11.4 Å². The fraction of sp³-hybridized carbons (Fsp3) is 0.611. The van der Waals surface area contributed by atoms with E-state index < -0.39 is 0 Å². The van der Waals surface area contributed by atoms with Crippen molar-refractivity contribution in [2.45, 2.75) is 51.2 Å². The lowest BCUT2D eigenvalue weighted by Gasteiger charge is -2.37. The number of nitrogens with two attached hydrogens (primary N) is 1. The highest BCUT2D eigenvalue weighted by Crippen LogP contribution is 2.35. The number of ether oxygens (including phenoxy) is 1. The van der Waals surface area contributed by atoms with Gasteiger partial charge in [-0.3, -0.25) is 4.79 Å². The molecule has 0 radical (unpaired) electrons. The number of fused-ring (bicyclic) bond motifs is 1. The number of carbonyl (C=O) groups excluding carboxylic acids is 1. The van der Waals surface area contributed by atoms with Crippen molar-refractivity contribution in [3.05, 3.63) is 18.2 Å². The summed E-state index contributed by atoms with van der Waals surface area (Å²) >= 11 is 0. The molecule has 1 fully saturated rings. The van der Waals surface area contributed by atoms with Crippen molar-refractivity contribution in [2.75, 3.05) is 30.8 Å². The minimum absolute atomic E-state index is 0.0684. The summed E-state index contributed by atoms with van der Waals surface area (Å²) in [5.74, 6) is 0.991. The van der Waals surface area contributed by atoms with Crippen LogP contribution < -0.4 is 15.4 Å². The van der Waals surface area contributed by atoms with E-state index in [-0.39, 0.29) is 12.0 Å². The molecule has 5 nitrogen and oxygen atoms in total. The smallest absolute Gasteiger partial charge is 0.242 e. The third-order valence-corrected chi connectivity index (χ3v) is 4.97. The number of hydrogen-bond donors (Lipinski definition) is 1. The average Bonchev–Trinajstić information content (AvgIpc) is 2.55. The molecule has 23 heavy (non-hydrogen) atoms. The summed E-state index contributed by atoms with van der Waals surface area (Å²) in [7, 11) is 1.95. The van der Waals surface area contributed by atoms with Gasteiger partial charge in [0.1, 0.15) is 11.9 Å². The van der Waals surface area contributed by atoms with Crippen LogP contribution in [-0.2, 0) is 4.79 Å². The second-order valence-electron chi connectivity index (χ2n) is 6.83. The summed E-state index contributed by atoms with van der Waals surface area (Å²) in [4.78, 5) is 16.8. The quantitative estimate of drug-likeness (QED) is 0.871. The lowest BCUT2D eigenvalue weighted by Crippen LogP contribution is -2.47. The van der Waals surface area contributed by atoms with E-state index in [1.54, 1.807) is 0 Å². The number of carbonyl (C=O) groups is 1. The number of anilines is 2. The summed E-state index contributed by atoms with van der Waals surface area (Å²) in [5, 5.41) is 0. The van der Waals surface area contributed by atoms with Crippen LogP contribution >= 0.6 is 0 Å². The normalized spacial score (nSPS) is 21.5. The summed E-state index contributed by atoms with van der Waals surface area (Å²) < 4.78 is 5.85. The Balaban J connectivity index is 1.72. The highest BCUT2D eigenvalue weighted by atomic mass is 16.5. The molecule has 2 aliphatic rings. The van der Waals surface area contributed by atoms with Gasteiger partial charge in [-0.2, -0.15) is 0 Å². The fourth-order valence-electron chi connectivity index (χ4n) is 3.64. The third kappa shape index (κ3) is 3.54. The molecule has 1 heterocycles. The molecule has 3 rings (SSSR count). The Morgan fingerprint density at radius 2 is 2.09 bits per heavy atom. The molecule has 0 bridgehead atoms. The van der Waals surface area contributed by atoms with E-state index in [1.165, 1.54) is 19.3 Å². The van der Waals surface area contributed by atoms with Crippen LogP contribution in [0.15, 0.2) is 18.2 Å². The molecule has 1 aliphatic carbocycles. The first-order valence-corrected chi connectivity index (χ1v) is 8.61. The zero-order valence-corrected chi connectivity index (χ0v) is 14.1. The number of rotatable bonds is 3. The molecule has 2 N–H and O–H groups in total. The van der Waals surface area contributed by atoms with Crippen LogP contribution in [0.5, 0.6) is 5.75 Å². The van der Waals surface area contributed by atoms with Crippen molar-refractivity contribution in [1.82, 2.24) is 4.90 Å². The average molecular weight is 317 g/mol. The van der Waals surface area contributed by atoms with Crippen molar-refractivity contribution >= 4 is 17.3 Å². The van der Waals surface area contributed by atoms with E-state index in [4.69, 9.17) is 10.5 Å². The molecular formula is C18H27N3O2. The van der Waals surface area contributed by atoms with Crippen LogP contribution in [0.2, 0.25) is 0 Å². The summed E-state index contributed by atoms with van der Waals surface area (Å²) in [6.45, 7) is 3.12. The van der Waals surface area contributed by atoms with Crippen molar-refractivity contribution in [3.8, 4) is 5.75 Å². The maximum atomic E-state index is 12.7. The third-order valence-electron chi connectivity index (χ3n) is 4.97. The SMILES string of the molecule is CC1CN(CC(=O)N(C)C2CCCCC2)c2cc(N)ccc2O1. The molecule has 0 saturated heterocycles. The van der Waals surface area contributed by atoms with Gasteiger partial charge in [-0.15, -0.1) is 0 Å². The first kappa shape index (κ1) is 16.0. The fourth-order valence-corrected chi connectivity index (χ4v) is 3.64.